The lowest BCUT2D eigenvalue weighted by Gasteiger charge is -2.56. The van der Waals surface area contributed by atoms with E-state index in [-0.39, 0.29) is 29.4 Å². The second kappa shape index (κ2) is 14.2. The normalized spacial score (nSPS) is 20.8. The number of likely N-dealkylation sites (tertiary alicyclic amines) is 1. The van der Waals surface area contributed by atoms with E-state index >= 15 is 0 Å². The number of fused-ring (bicyclic) bond motifs is 2. The Morgan fingerprint density at radius 2 is 1.86 bits per heavy atom. The molecule has 3 fully saturated rings. The quantitative estimate of drug-likeness (QED) is 0.0877. The van der Waals surface area contributed by atoms with E-state index in [1.165, 1.54) is 37.4 Å². The number of H-pyrrole nitrogens is 1. The van der Waals surface area contributed by atoms with Crippen LogP contribution in [0.25, 0.3) is 11.0 Å². The van der Waals surface area contributed by atoms with E-state index < -0.39 is 37.4 Å². The van der Waals surface area contributed by atoms with Crippen LogP contribution in [0.1, 0.15) is 60.5 Å². The Kier molecular flexibility index (Phi) is 9.12. The number of nitrogens with zero attached hydrogens (tertiary/aromatic N) is 4. The molecule has 3 N–H and O–H groups in total. The first-order valence-electron chi connectivity index (χ1n) is 18.9. The van der Waals surface area contributed by atoms with Gasteiger partial charge in [0.15, 0.2) is 11.4 Å². The molecule has 2 atom stereocenters. The third-order valence-electron chi connectivity index (χ3n) is 11.8. The summed E-state index contributed by atoms with van der Waals surface area (Å²) in [6, 6.07) is 22.7. The zero-order valence-electron chi connectivity index (χ0n) is 30.5. The number of amides is 1. The van der Waals surface area contributed by atoms with Crippen LogP contribution in [-0.2, 0) is 10.0 Å². The highest BCUT2D eigenvalue weighted by Crippen LogP contribution is 2.54. The molecular formula is C40H40BN7O7S. The van der Waals surface area contributed by atoms with Crippen LogP contribution in [0.15, 0.2) is 90.1 Å². The standard InChI is InChI=1S/C40H40BN7O7S/c41-36-24-54-35-20-30(19-33(48(50)51)37(35)44-36)56(52,53)45-39(49)31-9-8-27(18-34(31)55-29-17-26-10-13-42-38(26)43-23-29)46-15-11-40(12-16-46)21-28(22-40)47-14-4-7-32(47)25-5-2-1-3-6-25/h1-3,5-6,8-10,13,17-20,23,28,32,36,44H,4,7,11-12,14-16,21-22,24H2,(H,42,43)(H,45,49). The number of carbonyl (C=O) groups excluding carboxylic acids is 1. The van der Waals surface area contributed by atoms with Crippen molar-refractivity contribution in [1.82, 2.24) is 19.6 Å². The average Bonchev–Trinajstić information content (AvgIpc) is 3.87. The predicted octanol–water partition coefficient (Wildman–Crippen LogP) is 6.27. The van der Waals surface area contributed by atoms with Crippen molar-refractivity contribution in [2.45, 2.75) is 61.4 Å². The Hall–Kier alpha value is -5.61. The molecule has 5 heterocycles. The summed E-state index contributed by atoms with van der Waals surface area (Å²) >= 11 is 0. The molecule has 0 bridgehead atoms. The van der Waals surface area contributed by atoms with Crippen molar-refractivity contribution >= 4 is 51.9 Å². The molecule has 3 aliphatic heterocycles. The van der Waals surface area contributed by atoms with Crippen molar-refractivity contribution in [3.05, 3.63) is 106 Å². The minimum absolute atomic E-state index is 0.0389. The summed E-state index contributed by atoms with van der Waals surface area (Å²) in [6.45, 7) is 2.79. The highest BCUT2D eigenvalue weighted by molar-refractivity contribution is 7.90. The summed E-state index contributed by atoms with van der Waals surface area (Å²) in [7, 11) is 1.21. The average molecular weight is 774 g/mol. The first-order chi connectivity index (χ1) is 27.0. The lowest BCUT2D eigenvalue weighted by molar-refractivity contribution is -0.384. The lowest BCUT2D eigenvalue weighted by atomic mass is 9.60. The molecule has 2 radical (unpaired) electrons. The molecule has 14 nitrogen and oxygen atoms in total. The molecule has 286 valence electrons. The molecule has 9 rings (SSSR count). The minimum atomic E-state index is -4.62. The Morgan fingerprint density at radius 1 is 1.05 bits per heavy atom. The second-order valence-corrected chi connectivity index (χ2v) is 17.0. The van der Waals surface area contributed by atoms with Gasteiger partial charge in [0, 0.05) is 66.6 Å². The van der Waals surface area contributed by atoms with Crippen molar-refractivity contribution in [2.75, 3.05) is 36.5 Å². The molecule has 16 heteroatoms. The maximum Gasteiger partial charge on any atom is 0.297 e. The summed E-state index contributed by atoms with van der Waals surface area (Å²) in [5, 5.41) is 15.4. The molecule has 56 heavy (non-hydrogen) atoms. The van der Waals surface area contributed by atoms with Gasteiger partial charge >= 0.3 is 0 Å². The highest BCUT2D eigenvalue weighted by atomic mass is 32.2. The number of ether oxygens (including phenoxy) is 2. The van der Waals surface area contributed by atoms with Gasteiger partial charge in [-0.15, -0.1) is 0 Å². The number of aromatic nitrogens is 2. The fourth-order valence-electron chi connectivity index (χ4n) is 8.94. The van der Waals surface area contributed by atoms with Gasteiger partial charge in [-0.1, -0.05) is 30.3 Å². The Morgan fingerprint density at radius 3 is 2.64 bits per heavy atom. The largest absolute Gasteiger partial charge is 0.490 e. The third kappa shape index (κ3) is 6.80. The Bertz CT molecular complexity index is 2430. The third-order valence-corrected chi connectivity index (χ3v) is 13.1. The molecule has 2 saturated heterocycles. The fraction of sp³-hybridized carbons (Fsp3) is 0.350. The van der Waals surface area contributed by atoms with Crippen molar-refractivity contribution in [1.29, 1.82) is 0 Å². The maximum atomic E-state index is 13.8. The summed E-state index contributed by atoms with van der Waals surface area (Å²) in [5.41, 5.74) is 2.60. The summed E-state index contributed by atoms with van der Waals surface area (Å²) < 4.78 is 41.1. The smallest absolute Gasteiger partial charge is 0.297 e. The van der Waals surface area contributed by atoms with E-state index in [0.29, 0.717) is 28.9 Å². The number of rotatable bonds is 9. The van der Waals surface area contributed by atoms with E-state index in [1.807, 2.05) is 6.07 Å². The molecular weight excluding hydrogens is 733 g/mol. The number of nitrogens with one attached hydrogen (secondary N) is 3. The van der Waals surface area contributed by atoms with Crippen LogP contribution in [0.5, 0.6) is 17.2 Å². The topological polar surface area (TPSA) is 172 Å². The van der Waals surface area contributed by atoms with Crippen LogP contribution in [-0.4, -0.2) is 80.2 Å². The molecule has 1 spiro atoms. The van der Waals surface area contributed by atoms with Crippen molar-refractivity contribution in [2.24, 2.45) is 5.41 Å². The van der Waals surface area contributed by atoms with Gasteiger partial charge in [-0.05, 0) is 80.3 Å². The Balaban J connectivity index is 0.940. The second-order valence-electron chi connectivity index (χ2n) is 15.3. The number of sulfonamides is 1. The van der Waals surface area contributed by atoms with Gasteiger partial charge in [0.25, 0.3) is 21.6 Å². The van der Waals surface area contributed by atoms with Crippen molar-refractivity contribution in [3.8, 4) is 17.2 Å². The number of pyridine rings is 1. The lowest BCUT2D eigenvalue weighted by Crippen LogP contribution is -2.54. The van der Waals surface area contributed by atoms with Crippen molar-refractivity contribution < 1.29 is 27.6 Å². The van der Waals surface area contributed by atoms with E-state index in [0.717, 1.165) is 55.7 Å². The van der Waals surface area contributed by atoms with E-state index in [2.05, 4.69) is 60.1 Å². The molecule has 4 aliphatic rings. The first kappa shape index (κ1) is 36.1. The number of hydrogen-bond acceptors (Lipinski definition) is 11. The fourth-order valence-corrected chi connectivity index (χ4v) is 9.94. The SMILES string of the molecule is [B]C1COc2cc(S(=O)(=O)NC(=O)c3ccc(N4CCC5(CC4)CC(N4CCCC4c4ccccc4)C5)cc3Oc3cnc4[nH]ccc4c3)cc([N+](=O)[O-])c2N1. The van der Waals surface area contributed by atoms with E-state index in [4.69, 9.17) is 17.3 Å². The molecule has 1 amide bonds. The summed E-state index contributed by atoms with van der Waals surface area (Å²) in [5.74, 6) is -1.27. The van der Waals surface area contributed by atoms with Crippen molar-refractivity contribution in [3.63, 3.8) is 0 Å². The molecule has 3 aromatic carbocycles. The number of hydrogen-bond donors (Lipinski definition) is 3. The number of aromatic amines is 1. The maximum absolute atomic E-state index is 13.8. The van der Waals surface area contributed by atoms with Gasteiger partial charge in [0.2, 0.25) is 0 Å². The van der Waals surface area contributed by atoms with Gasteiger partial charge < -0.3 is 24.7 Å². The zero-order chi connectivity index (χ0) is 38.6. The molecule has 2 aromatic heterocycles. The van der Waals surface area contributed by atoms with Crippen LogP contribution in [0.3, 0.4) is 0 Å². The molecule has 5 aromatic rings. The van der Waals surface area contributed by atoms with Gasteiger partial charge in [-0.3, -0.25) is 19.8 Å². The predicted molar refractivity (Wildman–Crippen MR) is 211 cm³/mol. The highest BCUT2D eigenvalue weighted by Gasteiger charge is 2.49. The minimum Gasteiger partial charge on any atom is -0.490 e. The van der Waals surface area contributed by atoms with Crippen LogP contribution in [0.2, 0.25) is 0 Å². The van der Waals surface area contributed by atoms with Crippen LogP contribution in [0, 0.1) is 15.5 Å². The number of anilines is 2. The van der Waals surface area contributed by atoms with Crippen LogP contribution in [0.4, 0.5) is 17.1 Å². The zero-order valence-corrected chi connectivity index (χ0v) is 31.3. The van der Waals surface area contributed by atoms with Gasteiger partial charge in [0.05, 0.1) is 28.2 Å². The monoisotopic (exact) mass is 773 g/mol. The molecule has 1 aliphatic carbocycles. The molecule has 2 unspecified atom stereocenters. The summed E-state index contributed by atoms with van der Waals surface area (Å²) in [4.78, 5) is 36.9. The Labute approximate surface area is 325 Å². The van der Waals surface area contributed by atoms with Gasteiger partial charge in [-0.2, -0.15) is 0 Å². The van der Waals surface area contributed by atoms with E-state index in [9.17, 15) is 23.3 Å². The number of nitro groups is 1. The molecule has 1 saturated carbocycles. The number of carbonyl (C=O) groups is 1. The number of benzene rings is 3. The number of nitro benzene ring substituents is 1. The van der Waals surface area contributed by atoms with Gasteiger partial charge in [0.1, 0.15) is 25.0 Å². The van der Waals surface area contributed by atoms with Crippen LogP contribution >= 0.6 is 0 Å². The first-order valence-corrected chi connectivity index (χ1v) is 20.4. The van der Waals surface area contributed by atoms with E-state index in [1.54, 1.807) is 30.5 Å². The van der Waals surface area contributed by atoms with Gasteiger partial charge in [-0.25, -0.2) is 18.1 Å². The summed E-state index contributed by atoms with van der Waals surface area (Å²) in [6.07, 6.45) is 10.2. The number of piperidine rings is 1. The van der Waals surface area contributed by atoms with Crippen LogP contribution < -0.4 is 24.4 Å².